The maximum absolute atomic E-state index is 14.2. The molecule has 0 radical (unpaired) electrons. The van der Waals surface area contributed by atoms with Crippen LogP contribution in [0.4, 0.5) is 0 Å². The van der Waals surface area contributed by atoms with Crippen molar-refractivity contribution in [3.05, 3.63) is 121 Å². The molecular weight excluding hydrogens is 613 g/mol. The van der Waals surface area contributed by atoms with E-state index in [0.717, 1.165) is 27.6 Å². The summed E-state index contributed by atoms with van der Waals surface area (Å²) in [7, 11) is 0. The van der Waals surface area contributed by atoms with Gasteiger partial charge in [0, 0.05) is 34.9 Å². The summed E-state index contributed by atoms with van der Waals surface area (Å²) in [6, 6.07) is 21.4. The third kappa shape index (κ3) is 5.65. The Hall–Kier alpha value is -3.65. The average molecular weight is 647 g/mol. The van der Waals surface area contributed by atoms with Gasteiger partial charge in [0.25, 0.3) is 5.91 Å². The van der Waals surface area contributed by atoms with Gasteiger partial charge in [-0.2, -0.15) is 0 Å². The SMILES string of the molecule is CCOC(=O)C1=C(C)N[C@@H]2S/C(=C\c3cn(Cc4ccc(Cl)c(Cl)c4)c4ccccc34)C(=O)N2[C@H]1c1ccc(C(C)C)cc1. The van der Waals surface area contributed by atoms with Crippen LogP contribution < -0.4 is 5.32 Å². The Labute approximate surface area is 271 Å². The first kappa shape index (κ1) is 30.4. The molecule has 1 amide bonds. The minimum atomic E-state index is -0.580. The number of rotatable bonds is 7. The highest BCUT2D eigenvalue weighted by Gasteiger charge is 2.48. The highest BCUT2D eigenvalue weighted by atomic mass is 35.5. The lowest BCUT2D eigenvalue weighted by atomic mass is 9.91. The summed E-state index contributed by atoms with van der Waals surface area (Å²) in [5.41, 5.74) is 5.86. The third-order valence-corrected chi connectivity index (χ3v) is 9.94. The van der Waals surface area contributed by atoms with Gasteiger partial charge in [0.15, 0.2) is 5.50 Å². The Balaban J connectivity index is 1.39. The van der Waals surface area contributed by atoms with E-state index in [1.54, 1.807) is 17.9 Å². The lowest BCUT2D eigenvalue weighted by Crippen LogP contribution is -2.49. The van der Waals surface area contributed by atoms with Gasteiger partial charge in [0.2, 0.25) is 0 Å². The van der Waals surface area contributed by atoms with Crippen molar-refractivity contribution in [2.24, 2.45) is 0 Å². The third-order valence-electron chi connectivity index (χ3n) is 8.09. The number of halogens is 2. The molecule has 1 aromatic heterocycles. The maximum Gasteiger partial charge on any atom is 0.338 e. The molecule has 1 fully saturated rings. The van der Waals surface area contributed by atoms with Gasteiger partial charge in [-0.25, -0.2) is 4.79 Å². The van der Waals surface area contributed by atoms with Gasteiger partial charge in [-0.3, -0.25) is 9.69 Å². The van der Waals surface area contributed by atoms with Crippen LogP contribution in [0.2, 0.25) is 10.0 Å². The Morgan fingerprint density at radius 3 is 2.52 bits per heavy atom. The van der Waals surface area contributed by atoms with Crippen molar-refractivity contribution in [2.45, 2.75) is 51.7 Å². The second-order valence-corrected chi connectivity index (χ2v) is 13.2. The monoisotopic (exact) mass is 645 g/mol. The van der Waals surface area contributed by atoms with E-state index >= 15 is 0 Å². The molecule has 2 atom stereocenters. The number of aromatic nitrogens is 1. The molecule has 3 heterocycles. The molecule has 44 heavy (non-hydrogen) atoms. The quantitative estimate of drug-likeness (QED) is 0.161. The number of hydrogen-bond acceptors (Lipinski definition) is 5. The molecule has 6 rings (SSSR count). The zero-order valence-electron chi connectivity index (χ0n) is 24.9. The number of benzene rings is 3. The smallest absolute Gasteiger partial charge is 0.338 e. The van der Waals surface area contributed by atoms with E-state index in [1.807, 2.05) is 49.4 Å². The van der Waals surface area contributed by atoms with Crippen LogP contribution >= 0.6 is 35.0 Å². The van der Waals surface area contributed by atoms with E-state index in [2.05, 4.69) is 54.2 Å². The fourth-order valence-electron chi connectivity index (χ4n) is 5.88. The fourth-order valence-corrected chi connectivity index (χ4v) is 7.41. The number of para-hydroxylation sites is 1. The molecule has 9 heteroatoms. The largest absolute Gasteiger partial charge is 0.463 e. The van der Waals surface area contributed by atoms with Crippen LogP contribution in [0.1, 0.15) is 61.9 Å². The van der Waals surface area contributed by atoms with Crippen molar-refractivity contribution in [2.75, 3.05) is 6.61 Å². The van der Waals surface area contributed by atoms with Gasteiger partial charge in [0.05, 0.1) is 33.2 Å². The van der Waals surface area contributed by atoms with Crippen LogP contribution in [0.3, 0.4) is 0 Å². The maximum atomic E-state index is 14.2. The molecule has 226 valence electrons. The van der Waals surface area contributed by atoms with Crippen LogP contribution in [-0.2, 0) is 20.9 Å². The van der Waals surface area contributed by atoms with Gasteiger partial charge in [-0.15, -0.1) is 0 Å². The van der Waals surface area contributed by atoms with Crippen molar-refractivity contribution < 1.29 is 14.3 Å². The first-order valence-electron chi connectivity index (χ1n) is 14.6. The fraction of sp³-hybridized carbons (Fsp3) is 0.257. The molecule has 4 aromatic rings. The van der Waals surface area contributed by atoms with Gasteiger partial charge >= 0.3 is 5.97 Å². The topological polar surface area (TPSA) is 63.6 Å². The molecule has 0 aliphatic carbocycles. The van der Waals surface area contributed by atoms with Crippen molar-refractivity contribution in [1.29, 1.82) is 0 Å². The minimum Gasteiger partial charge on any atom is -0.463 e. The Bertz CT molecular complexity index is 1830. The summed E-state index contributed by atoms with van der Waals surface area (Å²) in [5.74, 6) is -0.195. The molecule has 1 saturated heterocycles. The highest BCUT2D eigenvalue weighted by Crippen LogP contribution is 2.47. The van der Waals surface area contributed by atoms with Crippen LogP contribution in [0.15, 0.2) is 89.1 Å². The van der Waals surface area contributed by atoms with Crippen LogP contribution in [0, 0.1) is 0 Å². The van der Waals surface area contributed by atoms with Crippen LogP contribution in [0.5, 0.6) is 0 Å². The number of carbonyl (C=O) groups excluding carboxylic acids is 2. The summed E-state index contributed by atoms with van der Waals surface area (Å²) < 4.78 is 7.62. The van der Waals surface area contributed by atoms with Gasteiger partial charge in [-0.1, -0.05) is 97.3 Å². The molecule has 1 N–H and O–H groups in total. The number of nitrogens with one attached hydrogen (secondary N) is 1. The number of ether oxygens (including phenoxy) is 1. The molecule has 6 nitrogen and oxygen atoms in total. The number of hydrogen-bond donors (Lipinski definition) is 1. The second kappa shape index (κ2) is 12.4. The van der Waals surface area contributed by atoms with Gasteiger partial charge in [-0.05, 0) is 60.7 Å². The molecule has 0 saturated carbocycles. The number of fused-ring (bicyclic) bond motifs is 2. The molecule has 3 aromatic carbocycles. The van der Waals surface area contributed by atoms with E-state index < -0.39 is 12.0 Å². The number of amides is 1. The number of esters is 1. The van der Waals surface area contributed by atoms with Crippen LogP contribution in [-0.4, -0.2) is 33.4 Å². The van der Waals surface area contributed by atoms with Crippen molar-refractivity contribution in [3.63, 3.8) is 0 Å². The summed E-state index contributed by atoms with van der Waals surface area (Å²) >= 11 is 13.9. The zero-order valence-corrected chi connectivity index (χ0v) is 27.3. The molecule has 0 spiro atoms. The number of carbonyl (C=O) groups is 2. The first-order valence-corrected chi connectivity index (χ1v) is 16.3. The van der Waals surface area contributed by atoms with E-state index in [-0.39, 0.29) is 18.0 Å². The number of allylic oxidation sites excluding steroid dienone is 1. The molecular formula is C35H33Cl2N3O3S. The minimum absolute atomic E-state index is 0.138. The van der Waals surface area contributed by atoms with Gasteiger partial charge in [0.1, 0.15) is 0 Å². The highest BCUT2D eigenvalue weighted by molar-refractivity contribution is 8.05. The summed E-state index contributed by atoms with van der Waals surface area (Å²) in [5, 5.41) is 5.47. The van der Waals surface area contributed by atoms with Crippen molar-refractivity contribution in [1.82, 2.24) is 14.8 Å². The summed E-state index contributed by atoms with van der Waals surface area (Å²) in [4.78, 5) is 29.9. The first-order chi connectivity index (χ1) is 21.2. The van der Waals surface area contributed by atoms with E-state index in [1.165, 1.54) is 17.3 Å². The second-order valence-electron chi connectivity index (χ2n) is 11.3. The zero-order chi connectivity index (χ0) is 31.1. The van der Waals surface area contributed by atoms with E-state index in [9.17, 15) is 9.59 Å². The normalized spacial score (nSPS) is 19.2. The Morgan fingerprint density at radius 1 is 1.07 bits per heavy atom. The lowest BCUT2D eigenvalue weighted by molar-refractivity contribution is -0.140. The van der Waals surface area contributed by atoms with Crippen LogP contribution in [0.25, 0.3) is 17.0 Å². The molecule has 0 unspecified atom stereocenters. The standard InChI is InChI=1S/C35H33Cl2N3O3S/c1-5-43-34(42)31-21(4)38-35-40(32(31)24-13-11-23(12-14-24)20(2)3)33(41)30(44-35)17-25-19-39(29-9-7-6-8-26(25)29)18-22-10-15-27(36)28(37)16-22/h6-17,19-20,32,35,38H,5,18H2,1-4H3/b30-17-/t32-,35-/m0/s1. The molecule has 2 aliphatic heterocycles. The average Bonchev–Trinajstić information content (AvgIpc) is 3.50. The van der Waals surface area contributed by atoms with Gasteiger partial charge < -0.3 is 14.6 Å². The number of nitrogens with zero attached hydrogens (tertiary/aromatic N) is 2. The number of thioether (sulfide) groups is 1. The van der Waals surface area contributed by atoms with Crippen molar-refractivity contribution >= 4 is 63.8 Å². The predicted molar refractivity (Wildman–Crippen MR) is 179 cm³/mol. The molecule has 2 aliphatic rings. The van der Waals surface area contributed by atoms with Crippen molar-refractivity contribution in [3.8, 4) is 0 Å². The molecule has 0 bridgehead atoms. The Kier molecular flexibility index (Phi) is 8.55. The lowest BCUT2D eigenvalue weighted by Gasteiger charge is -2.39. The summed E-state index contributed by atoms with van der Waals surface area (Å²) in [6.45, 7) is 8.79. The Morgan fingerprint density at radius 2 is 1.82 bits per heavy atom. The summed E-state index contributed by atoms with van der Waals surface area (Å²) in [6.07, 6.45) is 4.02. The predicted octanol–water partition coefficient (Wildman–Crippen LogP) is 8.50. The van der Waals surface area contributed by atoms with E-state index in [0.29, 0.717) is 38.7 Å². The van der Waals surface area contributed by atoms with E-state index in [4.69, 9.17) is 27.9 Å².